The summed E-state index contributed by atoms with van der Waals surface area (Å²) in [5.74, 6) is -0.436. The number of aromatic nitrogens is 2. The van der Waals surface area contributed by atoms with Crippen molar-refractivity contribution in [2.45, 2.75) is 24.5 Å². The Balaban J connectivity index is 1.47. The van der Waals surface area contributed by atoms with E-state index in [1.807, 2.05) is 19.2 Å². The van der Waals surface area contributed by atoms with Gasteiger partial charge < -0.3 is 19.6 Å². The number of quaternary nitrogens is 1. The lowest BCUT2D eigenvalue weighted by Crippen LogP contribution is -2.57. The summed E-state index contributed by atoms with van der Waals surface area (Å²) in [7, 11) is 1.97. The van der Waals surface area contributed by atoms with E-state index in [0.717, 1.165) is 13.0 Å². The maximum atomic E-state index is 13.4. The molecule has 0 bridgehead atoms. The van der Waals surface area contributed by atoms with Gasteiger partial charge >= 0.3 is 5.97 Å². The lowest BCUT2D eigenvalue weighted by molar-refractivity contribution is -0.909. The average molecular weight is 462 g/mol. The van der Waals surface area contributed by atoms with Gasteiger partial charge in [-0.2, -0.15) is 0 Å². The zero-order chi connectivity index (χ0) is 24.0. The van der Waals surface area contributed by atoms with Crippen molar-refractivity contribution in [3.63, 3.8) is 0 Å². The predicted octanol–water partition coefficient (Wildman–Crippen LogP) is 2.50. The second-order valence-corrected chi connectivity index (χ2v) is 8.94. The van der Waals surface area contributed by atoms with Crippen molar-refractivity contribution in [2.24, 2.45) is 0 Å². The molecule has 34 heavy (non-hydrogen) atoms. The van der Waals surface area contributed by atoms with Crippen LogP contribution in [0.25, 0.3) is 0 Å². The number of hydrogen-bond acceptors (Lipinski definition) is 6. The Morgan fingerprint density at radius 1 is 1.09 bits per heavy atom. The summed E-state index contributed by atoms with van der Waals surface area (Å²) < 4.78 is 6.32. The molecule has 1 saturated heterocycles. The first kappa shape index (κ1) is 23.5. The number of carbonyl (C=O) groups is 2. The van der Waals surface area contributed by atoms with E-state index in [0.29, 0.717) is 34.4 Å². The van der Waals surface area contributed by atoms with Crippen molar-refractivity contribution < 1.29 is 23.9 Å². The molecule has 0 saturated carbocycles. The number of nitrogens with one attached hydrogen (secondary N) is 1. The molecule has 0 radical (unpaired) electrons. The number of likely N-dealkylation sites (N-methyl/N-ethyl adjacent to an activating group) is 1. The number of piperidine rings is 1. The normalized spacial score (nSPS) is 20.4. The maximum absolute atomic E-state index is 13.4. The van der Waals surface area contributed by atoms with Crippen LogP contribution >= 0.6 is 0 Å². The topological polar surface area (TPSA) is 101 Å². The first-order valence-corrected chi connectivity index (χ1v) is 11.3. The SMILES string of the molecule is C[N@@+]1(CC(=O)Nc2ccncn2)CCCC(OC(=O)C(O)(c2ccccc2)c2ccccc2)C1. The van der Waals surface area contributed by atoms with Crippen molar-refractivity contribution in [3.8, 4) is 0 Å². The summed E-state index contributed by atoms with van der Waals surface area (Å²) in [6.45, 7) is 1.48. The Hall–Kier alpha value is -3.62. The molecule has 1 aromatic heterocycles. The highest BCUT2D eigenvalue weighted by Crippen LogP contribution is 2.32. The standard InChI is InChI=1S/C26H28N4O4/c1-30(18-24(31)29-23-14-15-27-19-28-23)16-8-13-22(17-30)34-25(32)26(33,20-9-4-2-5-10-20)21-11-6-3-7-12-21/h2-7,9-12,14-15,19,22,33H,8,13,16-18H2,1H3/p+1/t22?,30-/m1/s1. The lowest BCUT2D eigenvalue weighted by Gasteiger charge is -2.41. The highest BCUT2D eigenvalue weighted by Gasteiger charge is 2.44. The molecule has 2 atom stereocenters. The summed E-state index contributed by atoms with van der Waals surface area (Å²) in [5.41, 5.74) is -1.03. The van der Waals surface area contributed by atoms with Gasteiger partial charge in [0.1, 0.15) is 18.7 Å². The third-order valence-corrected chi connectivity index (χ3v) is 6.20. The van der Waals surface area contributed by atoms with E-state index in [4.69, 9.17) is 4.74 Å². The minimum atomic E-state index is -1.92. The number of ether oxygens (including phenoxy) is 1. The van der Waals surface area contributed by atoms with Gasteiger partial charge in [0.15, 0.2) is 12.6 Å². The minimum Gasteiger partial charge on any atom is -0.454 e. The number of esters is 1. The van der Waals surface area contributed by atoms with Gasteiger partial charge in [-0.15, -0.1) is 0 Å². The van der Waals surface area contributed by atoms with Crippen molar-refractivity contribution in [1.82, 2.24) is 9.97 Å². The molecule has 1 unspecified atom stereocenters. The fourth-order valence-electron chi connectivity index (χ4n) is 4.51. The molecule has 2 N–H and O–H groups in total. The van der Waals surface area contributed by atoms with E-state index in [9.17, 15) is 14.7 Å². The molecular formula is C26H29N4O4+. The van der Waals surface area contributed by atoms with E-state index in [1.165, 1.54) is 6.33 Å². The van der Waals surface area contributed by atoms with Gasteiger partial charge in [0, 0.05) is 12.6 Å². The second kappa shape index (κ2) is 10.1. The Morgan fingerprint density at radius 3 is 2.32 bits per heavy atom. The Kier molecular flexibility index (Phi) is 7.00. The molecule has 2 heterocycles. The van der Waals surface area contributed by atoms with E-state index in [2.05, 4.69) is 15.3 Å². The molecule has 0 spiro atoms. The summed E-state index contributed by atoms with van der Waals surface area (Å²) in [5, 5.41) is 14.4. The van der Waals surface area contributed by atoms with Gasteiger partial charge in [-0.05, 0) is 23.6 Å². The Bertz CT molecular complexity index is 1070. The van der Waals surface area contributed by atoms with Crippen LogP contribution in [0.1, 0.15) is 24.0 Å². The average Bonchev–Trinajstić information content (AvgIpc) is 2.85. The highest BCUT2D eigenvalue weighted by atomic mass is 16.6. The van der Waals surface area contributed by atoms with Crippen LogP contribution in [0, 0.1) is 0 Å². The summed E-state index contributed by atoms with van der Waals surface area (Å²) in [4.78, 5) is 33.9. The second-order valence-electron chi connectivity index (χ2n) is 8.94. The molecule has 8 heteroatoms. The molecule has 8 nitrogen and oxygen atoms in total. The number of rotatable bonds is 7. The third kappa shape index (κ3) is 5.30. The molecule has 176 valence electrons. The van der Waals surface area contributed by atoms with Crippen molar-refractivity contribution in [2.75, 3.05) is 32.0 Å². The van der Waals surface area contributed by atoms with Gasteiger partial charge in [-0.25, -0.2) is 14.8 Å². The minimum absolute atomic E-state index is 0.168. The van der Waals surface area contributed by atoms with Crippen LogP contribution in [0.4, 0.5) is 5.82 Å². The van der Waals surface area contributed by atoms with E-state index in [-0.39, 0.29) is 12.5 Å². The first-order chi connectivity index (χ1) is 16.4. The van der Waals surface area contributed by atoms with Crippen LogP contribution in [0.5, 0.6) is 0 Å². The number of nitrogens with zero attached hydrogens (tertiary/aromatic N) is 3. The van der Waals surface area contributed by atoms with Gasteiger partial charge in [0.2, 0.25) is 5.60 Å². The molecule has 4 rings (SSSR count). The van der Waals surface area contributed by atoms with Gasteiger partial charge in [-0.3, -0.25) is 4.79 Å². The van der Waals surface area contributed by atoms with Crippen molar-refractivity contribution >= 4 is 17.7 Å². The van der Waals surface area contributed by atoms with Crippen LogP contribution in [-0.2, 0) is 19.9 Å². The first-order valence-electron chi connectivity index (χ1n) is 11.3. The van der Waals surface area contributed by atoms with Crippen LogP contribution in [-0.4, -0.2) is 64.2 Å². The number of hydrogen-bond donors (Lipinski definition) is 2. The summed E-state index contributed by atoms with van der Waals surface area (Å²) >= 11 is 0. The van der Waals surface area contributed by atoms with E-state index >= 15 is 0 Å². The summed E-state index contributed by atoms with van der Waals surface area (Å²) in [6.07, 6.45) is 3.99. The quantitative estimate of drug-likeness (QED) is 0.414. The van der Waals surface area contributed by atoms with Gasteiger partial charge in [-0.1, -0.05) is 60.7 Å². The molecule has 1 aliphatic heterocycles. The maximum Gasteiger partial charge on any atom is 0.348 e. The molecule has 1 amide bonds. The van der Waals surface area contributed by atoms with E-state index in [1.54, 1.807) is 60.8 Å². The molecule has 0 aliphatic carbocycles. The summed E-state index contributed by atoms with van der Waals surface area (Å²) in [6, 6.07) is 19.3. The van der Waals surface area contributed by atoms with Crippen LogP contribution in [0.2, 0.25) is 0 Å². The van der Waals surface area contributed by atoms with Crippen LogP contribution in [0.15, 0.2) is 79.3 Å². The number of anilines is 1. The number of aliphatic hydroxyl groups is 1. The molecular weight excluding hydrogens is 432 g/mol. The number of amides is 1. The number of carbonyl (C=O) groups excluding carboxylic acids is 2. The number of benzene rings is 2. The van der Waals surface area contributed by atoms with Crippen molar-refractivity contribution in [3.05, 3.63) is 90.4 Å². The number of likely N-dealkylation sites (tertiary alicyclic amines) is 1. The van der Waals surface area contributed by atoms with Crippen LogP contribution in [0.3, 0.4) is 0 Å². The predicted molar refractivity (Wildman–Crippen MR) is 126 cm³/mol. The molecule has 1 aliphatic rings. The van der Waals surface area contributed by atoms with Crippen molar-refractivity contribution in [1.29, 1.82) is 0 Å². The zero-order valence-electron chi connectivity index (χ0n) is 19.1. The zero-order valence-corrected chi connectivity index (χ0v) is 19.1. The fourth-order valence-corrected chi connectivity index (χ4v) is 4.51. The fraction of sp³-hybridized carbons (Fsp3) is 0.308. The lowest BCUT2D eigenvalue weighted by atomic mass is 9.86. The van der Waals surface area contributed by atoms with Gasteiger partial charge in [0.25, 0.3) is 5.91 Å². The van der Waals surface area contributed by atoms with Crippen LogP contribution < -0.4 is 5.32 Å². The monoisotopic (exact) mass is 461 g/mol. The Morgan fingerprint density at radius 2 is 1.74 bits per heavy atom. The molecule has 2 aromatic carbocycles. The Labute approximate surface area is 198 Å². The third-order valence-electron chi connectivity index (χ3n) is 6.20. The smallest absolute Gasteiger partial charge is 0.348 e. The largest absolute Gasteiger partial charge is 0.454 e. The molecule has 3 aromatic rings. The molecule has 1 fully saturated rings. The van der Waals surface area contributed by atoms with Gasteiger partial charge in [0.05, 0.1) is 13.6 Å². The highest BCUT2D eigenvalue weighted by molar-refractivity contribution is 5.90. The van der Waals surface area contributed by atoms with E-state index < -0.39 is 17.7 Å².